The smallest absolute Gasteiger partial charge is 0.326 e. The molecule has 4 rings (SSSR count). The van der Waals surface area contributed by atoms with E-state index in [1.807, 2.05) is 6.07 Å². The number of rotatable bonds is 11. The van der Waals surface area contributed by atoms with Crippen LogP contribution in [-0.2, 0) is 33.8 Å². The van der Waals surface area contributed by atoms with Crippen molar-refractivity contribution < 1.29 is 24.3 Å². The number of unbranched alkanes of at least 4 members (excludes halogenated alkanes) is 1. The van der Waals surface area contributed by atoms with Crippen molar-refractivity contribution in [2.45, 2.75) is 57.2 Å². The minimum Gasteiger partial charge on any atom is -0.480 e. The zero-order valence-electron chi connectivity index (χ0n) is 20.0. The van der Waals surface area contributed by atoms with Crippen LogP contribution in [0.4, 0.5) is 5.69 Å². The second-order valence-corrected chi connectivity index (χ2v) is 9.07. The Morgan fingerprint density at radius 2 is 1.97 bits per heavy atom. The minimum atomic E-state index is -1.23. The highest BCUT2D eigenvalue weighted by molar-refractivity contribution is 6.21. The topological polar surface area (TPSA) is 150 Å². The normalized spacial score (nSPS) is 16.9. The second kappa shape index (κ2) is 11.8. The molecule has 0 spiro atoms. The number of carboxylic acids is 1. The number of aryl methyl sites for hydroxylation is 1. The third-order valence-electron chi connectivity index (χ3n) is 6.45. The molecule has 0 saturated carbocycles. The third-order valence-corrected chi connectivity index (χ3v) is 6.45. The van der Waals surface area contributed by atoms with Crippen LogP contribution >= 0.6 is 0 Å². The first-order valence-electron chi connectivity index (χ1n) is 12.3. The summed E-state index contributed by atoms with van der Waals surface area (Å²) in [5, 5.41) is 20.8. The van der Waals surface area contributed by atoms with Gasteiger partial charge in [-0.15, -0.1) is 0 Å². The molecule has 10 heteroatoms. The molecule has 2 aromatic rings. The Hall–Kier alpha value is -3.79. The molecular formula is C26H31N5O5. The van der Waals surface area contributed by atoms with E-state index in [1.54, 1.807) is 24.3 Å². The zero-order chi connectivity index (χ0) is 25.5. The Bertz CT molecular complexity index is 1150. The van der Waals surface area contributed by atoms with Crippen LogP contribution in [0.3, 0.4) is 0 Å². The molecule has 190 valence electrons. The van der Waals surface area contributed by atoms with E-state index < -0.39 is 29.7 Å². The molecule has 0 radical (unpaired) electrons. The summed E-state index contributed by atoms with van der Waals surface area (Å²) in [6.07, 6.45) is 3.60. The molecule has 2 aliphatic rings. The summed E-state index contributed by atoms with van der Waals surface area (Å²) >= 11 is 0. The van der Waals surface area contributed by atoms with Gasteiger partial charge in [0.2, 0.25) is 5.91 Å². The van der Waals surface area contributed by atoms with Crippen molar-refractivity contribution in [3.8, 4) is 0 Å². The number of pyridine rings is 1. The van der Waals surface area contributed by atoms with E-state index in [4.69, 9.17) is 4.98 Å². The van der Waals surface area contributed by atoms with Crippen molar-refractivity contribution in [1.82, 2.24) is 20.9 Å². The standard InChI is InChI=1S/C26H31N5O5/c32-22(8-4-1-5-17-10-9-16-15-27-13-11-19(16)29-17)28-14-12-21(26(35)36)31-25(34)23-24(33)18-6-2-3-7-20(18)30-23/h2-3,6-7,9-10,21,23,27,30H,1,4-5,8,11-15H2,(H,28,32)(H,31,34)(H,35,36). The van der Waals surface area contributed by atoms with Gasteiger partial charge in [0.15, 0.2) is 11.8 Å². The number of carboxylic acid groups (broad SMARTS) is 1. The predicted octanol–water partition coefficient (Wildman–Crippen LogP) is 1.19. The van der Waals surface area contributed by atoms with E-state index >= 15 is 0 Å². The molecule has 2 aliphatic heterocycles. The van der Waals surface area contributed by atoms with Crippen molar-refractivity contribution in [2.75, 3.05) is 18.4 Å². The van der Waals surface area contributed by atoms with Gasteiger partial charge in [-0.05, 0) is 49.4 Å². The summed E-state index contributed by atoms with van der Waals surface area (Å²) in [6, 6.07) is 8.51. The van der Waals surface area contributed by atoms with E-state index in [2.05, 4.69) is 27.3 Å². The average molecular weight is 494 g/mol. The van der Waals surface area contributed by atoms with E-state index in [0.29, 0.717) is 24.1 Å². The van der Waals surface area contributed by atoms with Gasteiger partial charge in [-0.3, -0.25) is 19.4 Å². The first-order chi connectivity index (χ1) is 17.4. The Kier molecular flexibility index (Phi) is 8.27. The van der Waals surface area contributed by atoms with Crippen LogP contribution in [0.1, 0.15) is 53.0 Å². The summed E-state index contributed by atoms with van der Waals surface area (Å²) in [4.78, 5) is 53.5. The number of Topliss-reactive ketones (excluding diaryl/α,β-unsaturated/α-hetero) is 1. The number of fused-ring (bicyclic) bond motifs is 2. The summed E-state index contributed by atoms with van der Waals surface area (Å²) in [7, 11) is 0. The van der Waals surface area contributed by atoms with Gasteiger partial charge in [0.1, 0.15) is 6.04 Å². The minimum absolute atomic E-state index is 0.00851. The molecule has 1 aromatic carbocycles. The predicted molar refractivity (Wildman–Crippen MR) is 133 cm³/mol. The number of ketones is 1. The lowest BCUT2D eigenvalue weighted by atomic mass is 10.0. The number of hydrogen-bond acceptors (Lipinski definition) is 7. The van der Waals surface area contributed by atoms with Crippen molar-refractivity contribution in [3.05, 3.63) is 58.9 Å². The van der Waals surface area contributed by atoms with Gasteiger partial charge in [-0.25, -0.2) is 4.79 Å². The van der Waals surface area contributed by atoms with Crippen molar-refractivity contribution in [1.29, 1.82) is 0 Å². The van der Waals surface area contributed by atoms with Crippen LogP contribution in [0.15, 0.2) is 36.4 Å². The molecule has 2 amide bonds. The molecule has 1 aromatic heterocycles. The number of aliphatic carboxylic acids is 1. The fourth-order valence-corrected chi connectivity index (χ4v) is 4.46. The summed E-state index contributed by atoms with van der Waals surface area (Å²) < 4.78 is 0. The molecule has 10 nitrogen and oxygen atoms in total. The number of aromatic nitrogens is 1. The van der Waals surface area contributed by atoms with E-state index in [1.165, 1.54) is 5.56 Å². The van der Waals surface area contributed by atoms with Gasteiger partial charge < -0.3 is 26.4 Å². The Labute approximate surface area is 209 Å². The molecule has 3 heterocycles. The fraction of sp³-hybridized carbons (Fsp3) is 0.423. The zero-order valence-corrected chi connectivity index (χ0v) is 20.0. The second-order valence-electron chi connectivity index (χ2n) is 9.07. The number of amides is 2. The monoisotopic (exact) mass is 493 g/mol. The average Bonchev–Trinajstić information content (AvgIpc) is 3.22. The van der Waals surface area contributed by atoms with Crippen molar-refractivity contribution in [3.63, 3.8) is 0 Å². The highest BCUT2D eigenvalue weighted by Crippen LogP contribution is 2.25. The number of para-hydroxylation sites is 1. The van der Waals surface area contributed by atoms with Crippen LogP contribution in [0.25, 0.3) is 0 Å². The molecule has 0 bridgehead atoms. The number of anilines is 1. The van der Waals surface area contributed by atoms with Crippen molar-refractivity contribution in [2.24, 2.45) is 0 Å². The van der Waals surface area contributed by atoms with Gasteiger partial charge in [0.05, 0.1) is 0 Å². The Balaban J connectivity index is 1.15. The van der Waals surface area contributed by atoms with Crippen molar-refractivity contribution >= 4 is 29.3 Å². The number of nitrogens with one attached hydrogen (secondary N) is 4. The summed E-state index contributed by atoms with van der Waals surface area (Å²) in [5.74, 6) is -2.50. The molecule has 0 fully saturated rings. The molecule has 5 N–H and O–H groups in total. The van der Waals surface area contributed by atoms with Crippen LogP contribution in [0.2, 0.25) is 0 Å². The van der Waals surface area contributed by atoms with Crippen LogP contribution in [0, 0.1) is 0 Å². The van der Waals surface area contributed by atoms with E-state index in [0.717, 1.165) is 43.7 Å². The maximum absolute atomic E-state index is 12.6. The SMILES string of the molecule is O=C(CCCCc1ccc2c(n1)CCNC2)NCCC(NC(=O)C1Nc2ccccc2C1=O)C(=O)O. The molecule has 36 heavy (non-hydrogen) atoms. The highest BCUT2D eigenvalue weighted by atomic mass is 16.4. The lowest BCUT2D eigenvalue weighted by Crippen LogP contribution is -2.50. The molecule has 2 atom stereocenters. The van der Waals surface area contributed by atoms with Gasteiger partial charge in [-0.1, -0.05) is 18.2 Å². The summed E-state index contributed by atoms with van der Waals surface area (Å²) in [5.41, 5.74) is 4.38. The van der Waals surface area contributed by atoms with Crippen LogP contribution < -0.4 is 21.3 Å². The lowest BCUT2D eigenvalue weighted by molar-refractivity contribution is -0.142. The van der Waals surface area contributed by atoms with Gasteiger partial charge in [0.25, 0.3) is 5.91 Å². The van der Waals surface area contributed by atoms with Gasteiger partial charge in [-0.2, -0.15) is 0 Å². The molecule has 2 unspecified atom stereocenters. The molecular weight excluding hydrogens is 462 g/mol. The fourth-order valence-electron chi connectivity index (χ4n) is 4.46. The first kappa shape index (κ1) is 25.3. The number of hydrogen-bond donors (Lipinski definition) is 5. The quantitative estimate of drug-likeness (QED) is 0.231. The van der Waals surface area contributed by atoms with Crippen LogP contribution in [-0.4, -0.2) is 58.8 Å². The highest BCUT2D eigenvalue weighted by Gasteiger charge is 2.36. The Morgan fingerprint density at radius 1 is 1.14 bits per heavy atom. The van der Waals surface area contributed by atoms with E-state index in [-0.39, 0.29) is 18.9 Å². The number of nitrogens with zero attached hydrogens (tertiary/aromatic N) is 1. The largest absolute Gasteiger partial charge is 0.480 e. The Morgan fingerprint density at radius 3 is 2.78 bits per heavy atom. The maximum atomic E-state index is 12.6. The van der Waals surface area contributed by atoms with Gasteiger partial charge in [0, 0.05) is 55.1 Å². The lowest BCUT2D eigenvalue weighted by Gasteiger charge is -2.17. The molecule has 0 saturated heterocycles. The number of carbonyl (C=O) groups excluding carboxylic acids is 3. The van der Waals surface area contributed by atoms with Crippen LogP contribution in [0.5, 0.6) is 0 Å². The summed E-state index contributed by atoms with van der Waals surface area (Å²) in [6.45, 7) is 1.90. The number of carbonyl (C=O) groups is 4. The van der Waals surface area contributed by atoms with Gasteiger partial charge >= 0.3 is 5.97 Å². The molecule has 0 aliphatic carbocycles. The van der Waals surface area contributed by atoms with E-state index in [9.17, 15) is 24.3 Å². The first-order valence-corrected chi connectivity index (χ1v) is 12.3. The maximum Gasteiger partial charge on any atom is 0.326 e. The third kappa shape index (κ3) is 6.25. The number of benzene rings is 1.